The Balaban J connectivity index is 1.87. The molecule has 1 atom stereocenters. The van der Waals surface area contributed by atoms with E-state index in [0.29, 0.717) is 11.5 Å². The minimum Gasteiger partial charge on any atom is -0.321 e. The zero-order chi connectivity index (χ0) is 16.6. The van der Waals surface area contributed by atoms with E-state index in [1.807, 2.05) is 0 Å². The van der Waals surface area contributed by atoms with Crippen LogP contribution in [0.15, 0.2) is 29.6 Å². The highest BCUT2D eigenvalue weighted by atomic mass is 32.1. The smallest absolute Gasteiger partial charge is 0.321 e. The third kappa shape index (κ3) is 3.27. The summed E-state index contributed by atoms with van der Waals surface area (Å²) in [4.78, 5) is 13.6. The molecule has 0 fully saturated rings. The van der Waals surface area contributed by atoms with Crippen LogP contribution in [0.2, 0.25) is 0 Å². The van der Waals surface area contributed by atoms with E-state index in [1.54, 1.807) is 5.38 Å². The van der Waals surface area contributed by atoms with E-state index in [4.69, 9.17) is 0 Å². The van der Waals surface area contributed by atoms with Gasteiger partial charge in [0.05, 0.1) is 16.8 Å². The molecule has 1 aliphatic carbocycles. The summed E-state index contributed by atoms with van der Waals surface area (Å²) in [5.41, 5.74) is 0.476. The second-order valence-electron chi connectivity index (χ2n) is 5.90. The van der Waals surface area contributed by atoms with Gasteiger partial charge in [-0.25, -0.2) is 0 Å². The molecule has 1 amide bonds. The van der Waals surface area contributed by atoms with Gasteiger partial charge in [0.1, 0.15) is 0 Å². The van der Waals surface area contributed by atoms with Gasteiger partial charge in [-0.3, -0.25) is 4.79 Å². The van der Waals surface area contributed by atoms with E-state index < -0.39 is 17.6 Å². The molecule has 0 spiro atoms. The number of hydrogen-bond acceptors (Lipinski definition) is 2. The lowest BCUT2D eigenvalue weighted by Gasteiger charge is -2.19. The number of amides is 1. The number of halogens is 3. The molecular formula is C17H16F3NOS. The molecule has 0 saturated carbocycles. The second-order valence-corrected chi connectivity index (χ2v) is 6.86. The van der Waals surface area contributed by atoms with Gasteiger partial charge in [0.25, 0.3) is 5.91 Å². The largest absolute Gasteiger partial charge is 0.418 e. The fourth-order valence-corrected chi connectivity index (χ4v) is 4.14. The van der Waals surface area contributed by atoms with Gasteiger partial charge in [-0.2, -0.15) is 13.2 Å². The molecule has 1 aromatic carbocycles. The van der Waals surface area contributed by atoms with E-state index in [2.05, 4.69) is 12.2 Å². The molecular weight excluding hydrogens is 323 g/mol. The van der Waals surface area contributed by atoms with Gasteiger partial charge in [0, 0.05) is 10.3 Å². The number of rotatable bonds is 2. The number of fused-ring (bicyclic) bond motifs is 1. The number of thiophene rings is 1. The molecule has 2 nitrogen and oxygen atoms in total. The molecule has 0 radical (unpaired) electrons. The van der Waals surface area contributed by atoms with Crippen LogP contribution in [-0.4, -0.2) is 5.91 Å². The highest BCUT2D eigenvalue weighted by Crippen LogP contribution is 2.36. The number of carbonyl (C=O) groups excluding carboxylic acids is 1. The van der Waals surface area contributed by atoms with Crippen molar-refractivity contribution in [1.82, 2.24) is 0 Å². The van der Waals surface area contributed by atoms with E-state index in [-0.39, 0.29) is 5.69 Å². The van der Waals surface area contributed by atoms with Gasteiger partial charge >= 0.3 is 6.18 Å². The van der Waals surface area contributed by atoms with Crippen LogP contribution in [0.5, 0.6) is 0 Å². The van der Waals surface area contributed by atoms with Gasteiger partial charge in [-0.1, -0.05) is 19.1 Å². The van der Waals surface area contributed by atoms with Crippen LogP contribution < -0.4 is 5.32 Å². The Morgan fingerprint density at radius 2 is 2.04 bits per heavy atom. The first kappa shape index (κ1) is 16.1. The Bertz CT molecular complexity index is 736. The number of para-hydroxylation sites is 1. The van der Waals surface area contributed by atoms with Crippen molar-refractivity contribution in [2.75, 3.05) is 5.32 Å². The monoisotopic (exact) mass is 339 g/mol. The van der Waals surface area contributed by atoms with Crippen molar-refractivity contribution >= 4 is 22.9 Å². The highest BCUT2D eigenvalue weighted by molar-refractivity contribution is 7.10. The number of nitrogens with one attached hydrogen (secondary N) is 1. The Labute approximate surface area is 136 Å². The van der Waals surface area contributed by atoms with Crippen molar-refractivity contribution in [3.63, 3.8) is 0 Å². The summed E-state index contributed by atoms with van der Waals surface area (Å²) in [6, 6.07) is 5.05. The normalized spacial score (nSPS) is 17.7. The number of benzene rings is 1. The maximum absolute atomic E-state index is 13.0. The molecule has 0 aliphatic heterocycles. The van der Waals surface area contributed by atoms with Crippen LogP contribution in [0.1, 0.15) is 39.7 Å². The molecule has 23 heavy (non-hydrogen) atoms. The van der Waals surface area contributed by atoms with Crippen molar-refractivity contribution in [3.05, 3.63) is 51.2 Å². The number of carbonyl (C=O) groups is 1. The fourth-order valence-electron chi connectivity index (χ4n) is 2.90. The third-order valence-electron chi connectivity index (χ3n) is 4.13. The maximum Gasteiger partial charge on any atom is 0.418 e. The van der Waals surface area contributed by atoms with Crippen molar-refractivity contribution in [1.29, 1.82) is 0 Å². The molecule has 1 aromatic heterocycles. The molecule has 0 unspecified atom stereocenters. The Morgan fingerprint density at radius 3 is 2.78 bits per heavy atom. The zero-order valence-corrected chi connectivity index (χ0v) is 13.4. The average molecular weight is 339 g/mol. The first-order valence-corrected chi connectivity index (χ1v) is 8.31. The molecule has 122 valence electrons. The number of hydrogen-bond donors (Lipinski definition) is 1. The van der Waals surface area contributed by atoms with Crippen LogP contribution in [0.25, 0.3) is 0 Å². The predicted molar refractivity (Wildman–Crippen MR) is 84.9 cm³/mol. The molecule has 3 rings (SSSR count). The number of alkyl halides is 3. The summed E-state index contributed by atoms with van der Waals surface area (Å²) in [5.74, 6) is 0.122. The quantitative estimate of drug-likeness (QED) is 0.806. The Hall–Kier alpha value is -1.82. The van der Waals surface area contributed by atoms with Crippen molar-refractivity contribution in [2.45, 2.75) is 32.4 Å². The van der Waals surface area contributed by atoms with Gasteiger partial charge < -0.3 is 5.32 Å². The van der Waals surface area contributed by atoms with E-state index in [9.17, 15) is 18.0 Å². The zero-order valence-electron chi connectivity index (χ0n) is 12.5. The maximum atomic E-state index is 13.0. The van der Waals surface area contributed by atoms with Crippen LogP contribution in [0.3, 0.4) is 0 Å². The van der Waals surface area contributed by atoms with Crippen molar-refractivity contribution in [3.8, 4) is 0 Å². The van der Waals surface area contributed by atoms with Crippen molar-refractivity contribution < 1.29 is 18.0 Å². The first-order chi connectivity index (χ1) is 10.9. The molecule has 1 N–H and O–H groups in total. The summed E-state index contributed by atoms with van der Waals surface area (Å²) >= 11 is 1.52. The highest BCUT2D eigenvalue weighted by Gasteiger charge is 2.34. The third-order valence-corrected chi connectivity index (χ3v) is 5.18. The van der Waals surface area contributed by atoms with E-state index in [1.165, 1.54) is 34.4 Å². The van der Waals surface area contributed by atoms with Gasteiger partial charge in [0.15, 0.2) is 0 Å². The SMILES string of the molecule is C[C@H]1CCc2c(C(=O)Nc3ccccc3C(F)(F)F)csc2C1. The molecule has 0 bridgehead atoms. The Kier molecular flexibility index (Phi) is 4.19. The van der Waals surface area contributed by atoms with Gasteiger partial charge in [0.2, 0.25) is 0 Å². The van der Waals surface area contributed by atoms with Crippen LogP contribution in [0, 0.1) is 5.92 Å². The number of anilines is 1. The van der Waals surface area contributed by atoms with Gasteiger partial charge in [-0.15, -0.1) is 11.3 Å². The molecule has 0 saturated heterocycles. The lowest BCUT2D eigenvalue weighted by atomic mass is 9.88. The summed E-state index contributed by atoms with van der Waals surface area (Å²) in [6.07, 6.45) is -1.74. The lowest BCUT2D eigenvalue weighted by molar-refractivity contribution is -0.136. The summed E-state index contributed by atoms with van der Waals surface area (Å²) in [6.45, 7) is 2.17. The topological polar surface area (TPSA) is 29.1 Å². The van der Waals surface area contributed by atoms with Crippen molar-refractivity contribution in [2.24, 2.45) is 5.92 Å². The lowest BCUT2D eigenvalue weighted by Crippen LogP contribution is -2.18. The van der Waals surface area contributed by atoms with Crippen LogP contribution in [-0.2, 0) is 19.0 Å². The minimum absolute atomic E-state index is 0.200. The first-order valence-electron chi connectivity index (χ1n) is 7.43. The van der Waals surface area contributed by atoms with Crippen LogP contribution >= 0.6 is 11.3 Å². The van der Waals surface area contributed by atoms with Gasteiger partial charge in [-0.05, 0) is 42.9 Å². The fraction of sp³-hybridized carbons (Fsp3) is 0.353. The van der Waals surface area contributed by atoms with E-state index >= 15 is 0 Å². The summed E-state index contributed by atoms with van der Waals surface area (Å²) < 4.78 is 39.0. The minimum atomic E-state index is -4.49. The van der Waals surface area contributed by atoms with Crippen LogP contribution in [0.4, 0.5) is 18.9 Å². The second kappa shape index (κ2) is 6.00. The summed E-state index contributed by atoms with van der Waals surface area (Å²) in [7, 11) is 0. The average Bonchev–Trinajstić information content (AvgIpc) is 2.89. The summed E-state index contributed by atoms with van der Waals surface area (Å²) in [5, 5.41) is 4.19. The standard InChI is InChI=1S/C17H16F3NOS/c1-10-6-7-11-12(9-23-15(11)8-10)16(22)21-14-5-3-2-4-13(14)17(18,19)20/h2-5,9-10H,6-8H2,1H3,(H,21,22)/t10-/m0/s1. The Morgan fingerprint density at radius 1 is 1.30 bits per heavy atom. The molecule has 1 heterocycles. The predicted octanol–water partition coefficient (Wildman–Crippen LogP) is 5.14. The molecule has 1 aliphatic rings. The molecule has 2 aromatic rings. The van der Waals surface area contributed by atoms with E-state index in [0.717, 1.165) is 30.9 Å². The molecule has 6 heteroatoms.